The average molecular weight is 366 g/mol. The lowest BCUT2D eigenvalue weighted by atomic mass is 9.94. The predicted molar refractivity (Wildman–Crippen MR) is 96.9 cm³/mol. The fraction of sp³-hybridized carbons (Fsp3) is 0.706. The number of amides is 1. The van der Waals surface area contributed by atoms with Crippen LogP contribution in [0.15, 0.2) is 16.1 Å². The molecule has 1 atom stereocenters. The summed E-state index contributed by atoms with van der Waals surface area (Å²) in [6.07, 6.45) is 7.28. The zero-order chi connectivity index (χ0) is 17.8. The van der Waals surface area contributed by atoms with Crippen LogP contribution in [0.4, 0.5) is 0 Å². The van der Waals surface area contributed by atoms with Crippen molar-refractivity contribution >= 4 is 17.7 Å². The molecule has 2 aliphatic rings. The Morgan fingerprint density at radius 1 is 1.36 bits per heavy atom. The third-order valence-corrected chi connectivity index (χ3v) is 5.87. The van der Waals surface area contributed by atoms with Gasteiger partial charge in [0, 0.05) is 38.5 Å². The highest BCUT2D eigenvalue weighted by Gasteiger charge is 2.31. The molecule has 3 heterocycles. The number of aromatic amines is 1. The van der Waals surface area contributed by atoms with Crippen LogP contribution in [0.5, 0.6) is 0 Å². The highest BCUT2D eigenvalue weighted by Crippen LogP contribution is 2.24. The van der Waals surface area contributed by atoms with Gasteiger partial charge in [0.05, 0.1) is 0 Å². The Morgan fingerprint density at radius 3 is 2.76 bits per heavy atom. The van der Waals surface area contributed by atoms with Crippen molar-refractivity contribution in [2.45, 2.75) is 36.9 Å². The lowest BCUT2D eigenvalue weighted by molar-refractivity contribution is 0.0453. The predicted octanol–water partition coefficient (Wildman–Crippen LogP) is 0.801. The second-order valence-corrected chi connectivity index (χ2v) is 7.64. The molecule has 8 heteroatoms. The van der Waals surface area contributed by atoms with E-state index < -0.39 is 0 Å². The minimum absolute atomic E-state index is 0.120. The molecule has 2 N–H and O–H groups in total. The van der Waals surface area contributed by atoms with Gasteiger partial charge in [-0.25, -0.2) is 4.98 Å². The average Bonchev–Trinajstić information content (AvgIpc) is 2.67. The van der Waals surface area contributed by atoms with Crippen molar-refractivity contribution in [3.8, 4) is 0 Å². The molecule has 7 nitrogen and oxygen atoms in total. The fourth-order valence-electron chi connectivity index (χ4n) is 3.82. The van der Waals surface area contributed by atoms with E-state index in [0.717, 1.165) is 38.8 Å². The third kappa shape index (κ3) is 4.24. The maximum absolute atomic E-state index is 12.6. The number of aromatic nitrogens is 2. The molecule has 0 saturated carbocycles. The molecule has 2 fully saturated rings. The molecule has 0 aliphatic carbocycles. The van der Waals surface area contributed by atoms with E-state index >= 15 is 0 Å². The van der Waals surface area contributed by atoms with Gasteiger partial charge in [-0.3, -0.25) is 14.5 Å². The summed E-state index contributed by atoms with van der Waals surface area (Å²) in [6, 6.07) is 0.466. The largest absolute Gasteiger partial charge is 0.396 e. The molecule has 1 aromatic rings. The number of carbonyl (C=O) groups excluding carboxylic acids is 1. The van der Waals surface area contributed by atoms with Gasteiger partial charge in [-0.1, -0.05) is 11.8 Å². The summed E-state index contributed by atoms with van der Waals surface area (Å²) in [4.78, 5) is 35.7. The number of nitrogens with one attached hydrogen (secondary N) is 1. The maximum atomic E-state index is 12.6. The van der Waals surface area contributed by atoms with Gasteiger partial charge >= 0.3 is 0 Å². The first-order valence-electron chi connectivity index (χ1n) is 8.90. The highest BCUT2D eigenvalue weighted by atomic mass is 32.2. The molecule has 0 aromatic carbocycles. The topological polar surface area (TPSA) is 89.5 Å². The van der Waals surface area contributed by atoms with Crippen molar-refractivity contribution in [3.05, 3.63) is 22.1 Å². The number of H-pyrrole nitrogens is 1. The Hall–Kier alpha value is -1.38. The van der Waals surface area contributed by atoms with Gasteiger partial charge < -0.3 is 15.0 Å². The SMILES string of the molecule is CSc1ncc(C(=O)N2CCC(N3CCC[C@@H](CO)C3)CC2)c(=O)[nH]1. The van der Waals surface area contributed by atoms with E-state index in [9.17, 15) is 14.7 Å². The van der Waals surface area contributed by atoms with Gasteiger partial charge in [0.1, 0.15) is 5.56 Å². The number of hydrogen-bond donors (Lipinski definition) is 2. The molecule has 25 heavy (non-hydrogen) atoms. The van der Waals surface area contributed by atoms with Crippen LogP contribution >= 0.6 is 11.8 Å². The van der Waals surface area contributed by atoms with Crippen molar-refractivity contribution < 1.29 is 9.90 Å². The number of thioether (sulfide) groups is 1. The zero-order valence-electron chi connectivity index (χ0n) is 14.6. The Morgan fingerprint density at radius 2 is 2.12 bits per heavy atom. The number of likely N-dealkylation sites (tertiary alicyclic amines) is 2. The smallest absolute Gasteiger partial charge is 0.264 e. The van der Waals surface area contributed by atoms with E-state index in [1.54, 1.807) is 4.90 Å². The Kier molecular flexibility index (Phi) is 6.14. The van der Waals surface area contributed by atoms with E-state index in [-0.39, 0.29) is 23.6 Å². The molecule has 1 amide bonds. The molecule has 0 radical (unpaired) electrons. The van der Waals surface area contributed by atoms with Crippen molar-refractivity contribution in [1.29, 1.82) is 0 Å². The number of rotatable bonds is 4. The van der Waals surface area contributed by atoms with Gasteiger partial charge in [-0.15, -0.1) is 0 Å². The van der Waals surface area contributed by atoms with Crippen molar-refractivity contribution in [2.75, 3.05) is 39.0 Å². The van der Waals surface area contributed by atoms with Crippen LogP contribution in [0.2, 0.25) is 0 Å². The van der Waals surface area contributed by atoms with Crippen molar-refractivity contribution in [1.82, 2.24) is 19.8 Å². The van der Waals surface area contributed by atoms with Crippen LogP contribution < -0.4 is 5.56 Å². The first-order chi connectivity index (χ1) is 12.1. The minimum atomic E-state index is -0.367. The molecule has 138 valence electrons. The van der Waals surface area contributed by atoms with Crippen LogP contribution in [0, 0.1) is 5.92 Å². The van der Waals surface area contributed by atoms with Crippen molar-refractivity contribution in [3.63, 3.8) is 0 Å². The van der Waals surface area contributed by atoms with Crippen LogP contribution in [0.25, 0.3) is 0 Å². The van der Waals surface area contributed by atoms with E-state index in [1.165, 1.54) is 18.0 Å². The van der Waals surface area contributed by atoms with Gasteiger partial charge in [-0.05, 0) is 44.4 Å². The number of aliphatic hydroxyl groups is 1. The number of piperidine rings is 2. The number of hydrogen-bond acceptors (Lipinski definition) is 6. The van der Waals surface area contributed by atoms with Gasteiger partial charge in [-0.2, -0.15) is 0 Å². The molecule has 2 saturated heterocycles. The molecule has 0 unspecified atom stereocenters. The van der Waals surface area contributed by atoms with Gasteiger partial charge in [0.2, 0.25) is 0 Å². The summed E-state index contributed by atoms with van der Waals surface area (Å²) in [7, 11) is 0. The summed E-state index contributed by atoms with van der Waals surface area (Å²) in [6.45, 7) is 3.61. The zero-order valence-corrected chi connectivity index (χ0v) is 15.4. The lowest BCUT2D eigenvalue weighted by Gasteiger charge is -2.42. The quantitative estimate of drug-likeness (QED) is 0.605. The Balaban J connectivity index is 1.58. The van der Waals surface area contributed by atoms with E-state index in [2.05, 4.69) is 14.9 Å². The minimum Gasteiger partial charge on any atom is -0.396 e. The molecule has 3 rings (SSSR count). The van der Waals surface area contributed by atoms with E-state index in [4.69, 9.17) is 0 Å². The third-order valence-electron chi connectivity index (χ3n) is 5.28. The number of carbonyl (C=O) groups is 1. The van der Waals surface area contributed by atoms with Gasteiger partial charge in [0.25, 0.3) is 11.5 Å². The van der Waals surface area contributed by atoms with Crippen LogP contribution in [-0.2, 0) is 0 Å². The second-order valence-electron chi connectivity index (χ2n) is 6.84. The lowest BCUT2D eigenvalue weighted by Crippen LogP contribution is -2.50. The summed E-state index contributed by atoms with van der Waals surface area (Å²) >= 11 is 1.34. The van der Waals surface area contributed by atoms with Crippen LogP contribution in [0.3, 0.4) is 0 Å². The highest BCUT2D eigenvalue weighted by molar-refractivity contribution is 7.98. The Labute approximate surface area is 151 Å². The number of nitrogens with zero attached hydrogens (tertiary/aromatic N) is 3. The first kappa shape index (κ1) is 18.4. The van der Waals surface area contributed by atoms with E-state index in [1.807, 2.05) is 6.26 Å². The fourth-order valence-corrected chi connectivity index (χ4v) is 4.17. The maximum Gasteiger partial charge on any atom is 0.264 e. The molecule has 0 spiro atoms. The molecule has 2 aliphatic heterocycles. The monoisotopic (exact) mass is 366 g/mol. The summed E-state index contributed by atoms with van der Waals surface area (Å²) in [5, 5.41) is 9.91. The molecular formula is C17H26N4O3S. The van der Waals surface area contributed by atoms with Gasteiger partial charge in [0.15, 0.2) is 5.16 Å². The molecule has 0 bridgehead atoms. The normalized spacial score (nSPS) is 23.0. The molecule has 1 aromatic heterocycles. The summed E-state index contributed by atoms with van der Waals surface area (Å²) in [5.74, 6) is 0.153. The molecular weight excluding hydrogens is 340 g/mol. The Bertz CT molecular complexity index is 658. The van der Waals surface area contributed by atoms with Crippen LogP contribution in [0.1, 0.15) is 36.0 Å². The summed E-state index contributed by atoms with van der Waals surface area (Å²) in [5.41, 5.74) is -0.247. The second kappa shape index (κ2) is 8.33. The standard InChI is InChI=1S/C17H26N4O3S/c1-25-17-18-9-14(15(23)19-17)16(24)20-7-4-13(5-8-20)21-6-2-3-12(10-21)11-22/h9,12-13,22H,2-8,10-11H2,1H3,(H,18,19,23)/t12-/m1/s1. The van der Waals surface area contributed by atoms with Crippen molar-refractivity contribution in [2.24, 2.45) is 5.92 Å². The number of aliphatic hydroxyl groups excluding tert-OH is 1. The first-order valence-corrected chi connectivity index (χ1v) is 10.1. The van der Waals surface area contributed by atoms with Crippen LogP contribution in [-0.4, -0.2) is 75.9 Å². The van der Waals surface area contributed by atoms with E-state index in [0.29, 0.717) is 30.2 Å². The summed E-state index contributed by atoms with van der Waals surface area (Å²) < 4.78 is 0.